The number of aliphatic hydroxyl groups excluding tert-OH is 3. The SMILES string of the molecule is Cl.OCC1(CNCC2CCCC2)C[C@@H](O)[C@@H](O)C1. The van der Waals surface area contributed by atoms with Crippen LogP contribution in [0.3, 0.4) is 0 Å². The summed E-state index contributed by atoms with van der Waals surface area (Å²) < 4.78 is 0. The first-order valence-electron chi connectivity index (χ1n) is 6.83. The van der Waals surface area contributed by atoms with E-state index in [2.05, 4.69) is 5.32 Å². The van der Waals surface area contributed by atoms with Gasteiger partial charge in [-0.3, -0.25) is 0 Å². The lowest BCUT2D eigenvalue weighted by Gasteiger charge is -2.27. The first kappa shape index (κ1) is 16.2. The molecule has 2 rings (SSSR count). The third kappa shape index (κ3) is 3.81. The maximum Gasteiger partial charge on any atom is 0.0806 e. The van der Waals surface area contributed by atoms with Crippen LogP contribution in [0.2, 0.25) is 0 Å². The van der Waals surface area contributed by atoms with Gasteiger partial charge >= 0.3 is 0 Å². The van der Waals surface area contributed by atoms with Gasteiger partial charge in [0.2, 0.25) is 0 Å². The fraction of sp³-hybridized carbons (Fsp3) is 1.00. The van der Waals surface area contributed by atoms with Gasteiger partial charge in [-0.1, -0.05) is 12.8 Å². The molecule has 3 atom stereocenters. The zero-order valence-electron chi connectivity index (χ0n) is 10.8. The molecule has 0 aliphatic heterocycles. The van der Waals surface area contributed by atoms with E-state index in [0.29, 0.717) is 19.4 Å². The summed E-state index contributed by atoms with van der Waals surface area (Å²) in [6, 6.07) is 0. The lowest BCUT2D eigenvalue weighted by molar-refractivity contribution is 0.0438. The Morgan fingerprint density at radius 3 is 2.11 bits per heavy atom. The van der Waals surface area contributed by atoms with Gasteiger partial charge in [-0.25, -0.2) is 0 Å². The highest BCUT2D eigenvalue weighted by Gasteiger charge is 2.43. The van der Waals surface area contributed by atoms with Crippen LogP contribution in [0.1, 0.15) is 38.5 Å². The lowest BCUT2D eigenvalue weighted by Crippen LogP contribution is -2.37. The first-order chi connectivity index (χ1) is 8.15. The summed E-state index contributed by atoms with van der Waals surface area (Å²) >= 11 is 0. The predicted octanol–water partition coefficient (Wildman–Crippen LogP) is 0.682. The second-order valence-electron chi connectivity index (χ2n) is 5.98. The molecule has 0 spiro atoms. The second-order valence-corrected chi connectivity index (χ2v) is 5.98. The van der Waals surface area contributed by atoms with Crippen LogP contribution in [0.5, 0.6) is 0 Å². The molecule has 0 bridgehead atoms. The Morgan fingerprint density at radius 1 is 1.06 bits per heavy atom. The average Bonchev–Trinajstić information content (AvgIpc) is 2.89. The highest BCUT2D eigenvalue weighted by molar-refractivity contribution is 5.85. The van der Waals surface area contributed by atoms with Gasteiger partial charge in [0, 0.05) is 12.0 Å². The fourth-order valence-electron chi connectivity index (χ4n) is 3.33. The summed E-state index contributed by atoms with van der Waals surface area (Å²) in [4.78, 5) is 0. The number of aliphatic hydroxyl groups is 3. The summed E-state index contributed by atoms with van der Waals surface area (Å²) in [6.45, 7) is 1.75. The van der Waals surface area contributed by atoms with E-state index in [1.165, 1.54) is 25.7 Å². The Hall–Kier alpha value is 0.130. The van der Waals surface area contributed by atoms with Crippen LogP contribution in [-0.4, -0.2) is 47.2 Å². The first-order valence-corrected chi connectivity index (χ1v) is 6.83. The van der Waals surface area contributed by atoms with Crippen LogP contribution >= 0.6 is 12.4 Å². The Bertz CT molecular complexity index is 236. The Morgan fingerprint density at radius 2 is 1.61 bits per heavy atom. The van der Waals surface area contributed by atoms with Crippen molar-refractivity contribution < 1.29 is 15.3 Å². The Labute approximate surface area is 115 Å². The molecule has 0 aromatic heterocycles. The molecule has 2 aliphatic rings. The molecule has 5 heteroatoms. The standard InChI is InChI=1S/C13H25NO3.ClH/c15-9-13(5-11(16)12(17)6-13)8-14-7-10-3-1-2-4-10;/h10-12,14-17H,1-9H2;1H/t11-,12+,13?;. The van der Waals surface area contributed by atoms with E-state index < -0.39 is 12.2 Å². The van der Waals surface area contributed by atoms with Crippen molar-refractivity contribution in [3.8, 4) is 0 Å². The van der Waals surface area contributed by atoms with E-state index in [9.17, 15) is 15.3 Å². The van der Waals surface area contributed by atoms with Crippen molar-refractivity contribution in [2.24, 2.45) is 11.3 Å². The maximum atomic E-state index is 9.59. The zero-order chi connectivity index (χ0) is 12.3. The molecule has 2 aliphatic carbocycles. The number of hydrogen-bond acceptors (Lipinski definition) is 4. The van der Waals surface area contributed by atoms with E-state index in [1.54, 1.807) is 0 Å². The van der Waals surface area contributed by atoms with Crippen LogP contribution < -0.4 is 5.32 Å². The minimum atomic E-state index is -0.671. The Balaban J connectivity index is 0.00000162. The number of halogens is 1. The van der Waals surface area contributed by atoms with Crippen LogP contribution in [-0.2, 0) is 0 Å². The lowest BCUT2D eigenvalue weighted by atomic mass is 9.86. The quantitative estimate of drug-likeness (QED) is 0.597. The number of nitrogens with one attached hydrogen (secondary N) is 1. The van der Waals surface area contributed by atoms with Gasteiger partial charge in [-0.2, -0.15) is 0 Å². The molecule has 0 amide bonds. The van der Waals surface area contributed by atoms with Crippen LogP contribution in [0.25, 0.3) is 0 Å². The molecular weight excluding hydrogens is 254 g/mol. The van der Waals surface area contributed by atoms with Gasteiger partial charge < -0.3 is 20.6 Å². The monoisotopic (exact) mass is 279 g/mol. The van der Waals surface area contributed by atoms with Crippen LogP contribution in [0.4, 0.5) is 0 Å². The minimum absolute atomic E-state index is 0. The van der Waals surface area contributed by atoms with Crippen molar-refractivity contribution in [1.82, 2.24) is 5.32 Å². The van der Waals surface area contributed by atoms with Crippen molar-refractivity contribution >= 4 is 12.4 Å². The molecular formula is C13H26ClNO3. The molecule has 0 saturated heterocycles. The molecule has 0 aromatic carbocycles. The predicted molar refractivity (Wildman–Crippen MR) is 72.8 cm³/mol. The third-order valence-corrected chi connectivity index (χ3v) is 4.47. The van der Waals surface area contributed by atoms with Gasteiger partial charge in [0.15, 0.2) is 0 Å². The summed E-state index contributed by atoms with van der Waals surface area (Å²) in [5.74, 6) is 0.780. The van der Waals surface area contributed by atoms with E-state index in [-0.39, 0.29) is 24.4 Å². The summed E-state index contributed by atoms with van der Waals surface area (Å²) in [5.41, 5.74) is -0.322. The topological polar surface area (TPSA) is 72.7 Å². The molecule has 2 fully saturated rings. The van der Waals surface area contributed by atoms with Gasteiger partial charge in [0.05, 0.1) is 18.8 Å². The maximum absolute atomic E-state index is 9.59. The van der Waals surface area contributed by atoms with E-state index in [4.69, 9.17) is 0 Å². The molecule has 4 nitrogen and oxygen atoms in total. The zero-order valence-corrected chi connectivity index (χ0v) is 11.7. The number of rotatable bonds is 5. The summed E-state index contributed by atoms with van der Waals surface area (Å²) in [7, 11) is 0. The van der Waals surface area contributed by atoms with E-state index >= 15 is 0 Å². The summed E-state index contributed by atoms with van der Waals surface area (Å²) in [6.07, 6.45) is 4.97. The minimum Gasteiger partial charge on any atom is -0.396 e. The smallest absolute Gasteiger partial charge is 0.0806 e. The fourth-order valence-corrected chi connectivity index (χ4v) is 3.33. The van der Waals surface area contributed by atoms with Gasteiger partial charge in [-0.15, -0.1) is 12.4 Å². The van der Waals surface area contributed by atoms with Crippen molar-refractivity contribution in [3.05, 3.63) is 0 Å². The normalized spacial score (nSPS) is 36.8. The molecule has 4 N–H and O–H groups in total. The molecule has 0 aromatic rings. The van der Waals surface area contributed by atoms with Crippen molar-refractivity contribution in [2.75, 3.05) is 19.7 Å². The highest BCUT2D eigenvalue weighted by atomic mass is 35.5. The molecule has 2 saturated carbocycles. The molecule has 0 radical (unpaired) electrons. The summed E-state index contributed by atoms with van der Waals surface area (Å²) in [5, 5.41) is 32.1. The van der Waals surface area contributed by atoms with Gasteiger partial charge in [0.1, 0.15) is 0 Å². The molecule has 0 heterocycles. The highest BCUT2D eigenvalue weighted by Crippen LogP contribution is 2.37. The molecule has 18 heavy (non-hydrogen) atoms. The van der Waals surface area contributed by atoms with Crippen molar-refractivity contribution in [2.45, 2.75) is 50.7 Å². The third-order valence-electron chi connectivity index (χ3n) is 4.47. The second kappa shape index (κ2) is 7.06. The van der Waals surface area contributed by atoms with E-state index in [1.807, 2.05) is 0 Å². The average molecular weight is 280 g/mol. The van der Waals surface area contributed by atoms with Gasteiger partial charge in [0.25, 0.3) is 0 Å². The van der Waals surface area contributed by atoms with Crippen LogP contribution in [0, 0.1) is 11.3 Å². The van der Waals surface area contributed by atoms with Crippen LogP contribution in [0.15, 0.2) is 0 Å². The molecule has 1 unspecified atom stereocenters. The van der Waals surface area contributed by atoms with E-state index in [0.717, 1.165) is 12.5 Å². The van der Waals surface area contributed by atoms with Crippen molar-refractivity contribution in [1.29, 1.82) is 0 Å². The largest absolute Gasteiger partial charge is 0.396 e. The van der Waals surface area contributed by atoms with Crippen molar-refractivity contribution in [3.63, 3.8) is 0 Å². The van der Waals surface area contributed by atoms with Gasteiger partial charge in [-0.05, 0) is 38.1 Å². The Kier molecular flexibility index (Phi) is 6.35. The number of hydrogen-bond donors (Lipinski definition) is 4. The molecule has 108 valence electrons.